The lowest BCUT2D eigenvalue weighted by Crippen LogP contribution is -2.28. The lowest BCUT2D eigenvalue weighted by atomic mass is 10.1. The molecule has 0 aliphatic rings. The van der Waals surface area contributed by atoms with Crippen LogP contribution in [0.2, 0.25) is 0 Å². The van der Waals surface area contributed by atoms with Crippen molar-refractivity contribution in [3.8, 4) is 0 Å². The van der Waals surface area contributed by atoms with Gasteiger partial charge in [-0.3, -0.25) is 0 Å². The summed E-state index contributed by atoms with van der Waals surface area (Å²) < 4.78 is 26.1. The van der Waals surface area contributed by atoms with E-state index in [1.807, 2.05) is 26.8 Å². The van der Waals surface area contributed by atoms with Gasteiger partial charge in [0.2, 0.25) is 10.0 Å². The molecule has 0 spiro atoms. The summed E-state index contributed by atoms with van der Waals surface area (Å²) in [7, 11) is -1.74. The van der Waals surface area contributed by atoms with E-state index in [-0.39, 0.29) is 6.04 Å². The fraction of sp³-hybridized carbons (Fsp3) is 0.571. The molecule has 4 nitrogen and oxygen atoms in total. The van der Waals surface area contributed by atoms with Gasteiger partial charge >= 0.3 is 0 Å². The van der Waals surface area contributed by atoms with Crippen LogP contribution in [0, 0.1) is 0 Å². The maximum absolute atomic E-state index is 12.4. The van der Waals surface area contributed by atoms with E-state index in [1.54, 1.807) is 25.2 Å². The average molecular weight is 284 g/mol. The Morgan fingerprint density at radius 3 is 2.58 bits per heavy atom. The quantitative estimate of drug-likeness (QED) is 0.836. The summed E-state index contributed by atoms with van der Waals surface area (Å²) in [5.74, 6) is 0. The molecule has 0 saturated carbocycles. The van der Waals surface area contributed by atoms with Crippen LogP contribution in [0.15, 0.2) is 29.2 Å². The van der Waals surface area contributed by atoms with Gasteiger partial charge in [-0.1, -0.05) is 26.0 Å². The van der Waals surface area contributed by atoms with Crippen LogP contribution in [0.4, 0.5) is 0 Å². The third-order valence-corrected chi connectivity index (χ3v) is 4.97. The molecule has 0 amide bonds. The van der Waals surface area contributed by atoms with Gasteiger partial charge in [0, 0.05) is 19.6 Å². The topological polar surface area (TPSA) is 49.4 Å². The van der Waals surface area contributed by atoms with Crippen molar-refractivity contribution in [1.82, 2.24) is 9.62 Å². The van der Waals surface area contributed by atoms with Crippen molar-refractivity contribution in [2.45, 2.75) is 38.1 Å². The van der Waals surface area contributed by atoms with Crippen molar-refractivity contribution >= 4 is 10.0 Å². The van der Waals surface area contributed by atoms with Crippen LogP contribution in [0.3, 0.4) is 0 Å². The van der Waals surface area contributed by atoms with Gasteiger partial charge in [0.1, 0.15) is 0 Å². The van der Waals surface area contributed by atoms with Crippen LogP contribution in [-0.4, -0.2) is 32.9 Å². The summed E-state index contributed by atoms with van der Waals surface area (Å²) in [5.41, 5.74) is 0.993. The molecule has 0 saturated heterocycles. The van der Waals surface area contributed by atoms with Crippen LogP contribution >= 0.6 is 0 Å². The van der Waals surface area contributed by atoms with Gasteiger partial charge in [-0.05, 0) is 37.6 Å². The standard InChI is InChI=1S/C14H24N2O2S/c1-5-10-16(4)19(17,18)14-9-7-8-13(11-14)12(3)15-6-2/h7-9,11-12,15H,5-6,10H2,1-4H3. The molecule has 0 aromatic heterocycles. The molecule has 5 heteroatoms. The van der Waals surface area contributed by atoms with Gasteiger partial charge in [0.15, 0.2) is 0 Å². The van der Waals surface area contributed by atoms with Gasteiger partial charge < -0.3 is 5.32 Å². The normalized spacial score (nSPS) is 13.7. The molecule has 0 aliphatic heterocycles. The number of nitrogens with one attached hydrogen (secondary N) is 1. The highest BCUT2D eigenvalue weighted by molar-refractivity contribution is 7.89. The highest BCUT2D eigenvalue weighted by Crippen LogP contribution is 2.20. The number of benzene rings is 1. The van der Waals surface area contributed by atoms with E-state index in [4.69, 9.17) is 0 Å². The number of hydrogen-bond donors (Lipinski definition) is 1. The van der Waals surface area contributed by atoms with Crippen LogP contribution in [0.5, 0.6) is 0 Å². The molecule has 1 unspecified atom stereocenters. The number of sulfonamides is 1. The first-order chi connectivity index (χ1) is 8.93. The van der Waals surface area contributed by atoms with Crippen molar-refractivity contribution in [2.24, 2.45) is 0 Å². The second-order valence-corrected chi connectivity index (χ2v) is 6.72. The minimum Gasteiger partial charge on any atom is -0.310 e. The van der Waals surface area contributed by atoms with Crippen LogP contribution in [0.1, 0.15) is 38.8 Å². The summed E-state index contributed by atoms with van der Waals surface area (Å²) in [5, 5.41) is 3.29. The van der Waals surface area contributed by atoms with Gasteiger partial charge in [0.25, 0.3) is 0 Å². The van der Waals surface area contributed by atoms with Crippen molar-refractivity contribution in [1.29, 1.82) is 0 Å². The van der Waals surface area contributed by atoms with E-state index < -0.39 is 10.0 Å². The monoisotopic (exact) mass is 284 g/mol. The van der Waals surface area contributed by atoms with Gasteiger partial charge in [0.05, 0.1) is 4.90 Å². The molecule has 1 rings (SSSR count). The Balaban J connectivity index is 3.05. The van der Waals surface area contributed by atoms with E-state index >= 15 is 0 Å². The maximum atomic E-state index is 12.4. The Morgan fingerprint density at radius 1 is 1.32 bits per heavy atom. The molecule has 0 heterocycles. The maximum Gasteiger partial charge on any atom is 0.242 e. The zero-order chi connectivity index (χ0) is 14.5. The van der Waals surface area contributed by atoms with E-state index in [0.29, 0.717) is 11.4 Å². The van der Waals surface area contributed by atoms with Crippen molar-refractivity contribution in [2.75, 3.05) is 20.1 Å². The molecule has 108 valence electrons. The minimum absolute atomic E-state index is 0.150. The largest absolute Gasteiger partial charge is 0.310 e. The predicted molar refractivity (Wildman–Crippen MR) is 78.6 cm³/mol. The zero-order valence-corrected chi connectivity index (χ0v) is 13.0. The minimum atomic E-state index is -3.37. The molecule has 19 heavy (non-hydrogen) atoms. The van der Waals surface area contributed by atoms with Gasteiger partial charge in [-0.2, -0.15) is 0 Å². The SMILES string of the molecule is CCCN(C)S(=O)(=O)c1cccc(C(C)NCC)c1. The predicted octanol–water partition coefficient (Wildman–Crippen LogP) is 2.39. The first-order valence-corrected chi connectivity index (χ1v) is 8.17. The summed E-state index contributed by atoms with van der Waals surface area (Å²) in [4.78, 5) is 0.366. The highest BCUT2D eigenvalue weighted by atomic mass is 32.2. The highest BCUT2D eigenvalue weighted by Gasteiger charge is 2.20. The first kappa shape index (κ1) is 16.1. The van der Waals surface area contributed by atoms with Crippen molar-refractivity contribution in [3.05, 3.63) is 29.8 Å². The van der Waals surface area contributed by atoms with Crippen molar-refractivity contribution in [3.63, 3.8) is 0 Å². The Hall–Kier alpha value is -0.910. The second-order valence-electron chi connectivity index (χ2n) is 4.68. The molecule has 1 N–H and O–H groups in total. The van der Waals surface area contributed by atoms with Crippen LogP contribution < -0.4 is 5.32 Å². The molecule has 0 radical (unpaired) electrons. The third kappa shape index (κ3) is 4.03. The summed E-state index contributed by atoms with van der Waals surface area (Å²) in [6, 6.07) is 7.32. The summed E-state index contributed by atoms with van der Waals surface area (Å²) >= 11 is 0. The number of nitrogens with zero attached hydrogens (tertiary/aromatic N) is 1. The number of rotatable bonds is 7. The summed E-state index contributed by atoms with van der Waals surface area (Å²) in [6.07, 6.45) is 0.809. The molecule has 0 bridgehead atoms. The molecule has 1 atom stereocenters. The average Bonchev–Trinajstić information content (AvgIpc) is 2.39. The molecular formula is C14H24N2O2S. The lowest BCUT2D eigenvalue weighted by molar-refractivity contribution is 0.468. The second kappa shape index (κ2) is 7.03. The zero-order valence-electron chi connectivity index (χ0n) is 12.2. The van der Waals surface area contributed by atoms with Crippen LogP contribution in [0.25, 0.3) is 0 Å². The fourth-order valence-electron chi connectivity index (χ4n) is 1.98. The molecule has 1 aromatic rings. The Labute approximate surface area is 116 Å². The molecule has 1 aromatic carbocycles. The van der Waals surface area contributed by atoms with E-state index in [2.05, 4.69) is 5.32 Å². The molecule has 0 fully saturated rings. The van der Waals surface area contributed by atoms with Gasteiger partial charge in [-0.25, -0.2) is 12.7 Å². The smallest absolute Gasteiger partial charge is 0.242 e. The summed E-state index contributed by atoms with van der Waals surface area (Å²) in [6.45, 7) is 7.43. The third-order valence-electron chi connectivity index (χ3n) is 3.12. The van der Waals surface area contributed by atoms with Gasteiger partial charge in [-0.15, -0.1) is 0 Å². The fourth-order valence-corrected chi connectivity index (χ4v) is 3.30. The van der Waals surface area contributed by atoms with Crippen molar-refractivity contribution < 1.29 is 8.42 Å². The van der Waals surface area contributed by atoms with E-state index in [1.165, 1.54) is 4.31 Å². The van der Waals surface area contributed by atoms with E-state index in [0.717, 1.165) is 18.5 Å². The Kier molecular flexibility index (Phi) is 5.97. The molecule has 0 aliphatic carbocycles. The Bertz CT molecular complexity index is 500. The number of hydrogen-bond acceptors (Lipinski definition) is 3. The first-order valence-electron chi connectivity index (χ1n) is 6.73. The Morgan fingerprint density at radius 2 is 2.00 bits per heavy atom. The lowest BCUT2D eigenvalue weighted by Gasteiger charge is -2.18. The van der Waals surface area contributed by atoms with Crippen LogP contribution in [-0.2, 0) is 10.0 Å². The van der Waals surface area contributed by atoms with E-state index in [9.17, 15) is 8.42 Å². The molecular weight excluding hydrogens is 260 g/mol.